The molecular formula is C25H16ClF2NO6. The van der Waals surface area contributed by atoms with Crippen molar-refractivity contribution in [1.29, 1.82) is 0 Å². The fourth-order valence-electron chi connectivity index (χ4n) is 4.11. The van der Waals surface area contributed by atoms with Crippen LogP contribution in [0.1, 0.15) is 28.1 Å². The highest BCUT2D eigenvalue weighted by atomic mass is 35.5. The number of anilines is 1. The summed E-state index contributed by atoms with van der Waals surface area (Å²) in [5.74, 6) is -4.11. The molecule has 1 aliphatic rings. The molecule has 0 aliphatic carbocycles. The highest BCUT2D eigenvalue weighted by molar-refractivity contribution is 6.31. The molecule has 2 aromatic carbocycles. The summed E-state index contributed by atoms with van der Waals surface area (Å²) >= 11 is 6.10. The van der Waals surface area contributed by atoms with E-state index >= 15 is 0 Å². The Morgan fingerprint density at radius 2 is 1.89 bits per heavy atom. The summed E-state index contributed by atoms with van der Waals surface area (Å²) in [7, 11) is 1.40. The lowest BCUT2D eigenvalue weighted by molar-refractivity contribution is -0.117. The summed E-state index contributed by atoms with van der Waals surface area (Å²) in [5, 5.41) is 11.5. The molecule has 1 aliphatic heterocycles. The van der Waals surface area contributed by atoms with E-state index < -0.39 is 46.4 Å². The van der Waals surface area contributed by atoms with E-state index in [1.54, 1.807) is 19.1 Å². The van der Waals surface area contributed by atoms with Crippen LogP contribution in [0, 0.1) is 18.6 Å². The molecule has 1 unspecified atom stereocenters. The lowest BCUT2D eigenvalue weighted by Gasteiger charge is -2.25. The number of benzene rings is 2. The largest absolute Gasteiger partial charge is 0.503 e. The fourth-order valence-corrected chi connectivity index (χ4v) is 4.32. The first-order valence-corrected chi connectivity index (χ1v) is 10.7. The summed E-state index contributed by atoms with van der Waals surface area (Å²) in [6, 6.07) is 8.62. The standard InChI is InChI=1S/C25H16ClF2NO6/c1-11-3-6-17(34-11)21-20(23(31)25(32)29(21)16-10-14(27)4-5-15(16)28)22(30)18-8-12-7-13(26)9-19(33-2)24(12)35-18/h3-10,21,31H,1-2H3. The molecule has 35 heavy (non-hydrogen) atoms. The number of aryl methyl sites for hydroxylation is 1. The summed E-state index contributed by atoms with van der Waals surface area (Å²) < 4.78 is 45.3. The van der Waals surface area contributed by atoms with Crippen molar-refractivity contribution < 1.29 is 37.0 Å². The van der Waals surface area contributed by atoms with E-state index in [9.17, 15) is 23.5 Å². The third kappa shape index (κ3) is 3.64. The molecule has 0 radical (unpaired) electrons. The second-order valence-corrected chi connectivity index (χ2v) is 8.29. The van der Waals surface area contributed by atoms with Crippen LogP contribution in [0.4, 0.5) is 14.5 Å². The quantitative estimate of drug-likeness (QED) is 0.336. The lowest BCUT2D eigenvalue weighted by Crippen LogP contribution is -2.31. The van der Waals surface area contributed by atoms with Crippen LogP contribution >= 0.6 is 11.6 Å². The predicted octanol–water partition coefficient (Wildman–Crippen LogP) is 6.06. The molecule has 1 N–H and O–H groups in total. The van der Waals surface area contributed by atoms with Gasteiger partial charge in [-0.25, -0.2) is 8.78 Å². The van der Waals surface area contributed by atoms with Gasteiger partial charge in [-0.3, -0.25) is 14.5 Å². The lowest BCUT2D eigenvalue weighted by atomic mass is 9.99. The zero-order valence-corrected chi connectivity index (χ0v) is 19.0. The Morgan fingerprint density at radius 1 is 1.11 bits per heavy atom. The summed E-state index contributed by atoms with van der Waals surface area (Å²) in [6.07, 6.45) is 0. The van der Waals surface area contributed by atoms with Crippen molar-refractivity contribution in [2.75, 3.05) is 12.0 Å². The third-order valence-electron chi connectivity index (χ3n) is 5.64. The number of rotatable bonds is 5. The van der Waals surface area contributed by atoms with Crippen LogP contribution in [0.3, 0.4) is 0 Å². The summed E-state index contributed by atoms with van der Waals surface area (Å²) in [6.45, 7) is 1.63. The molecular weight excluding hydrogens is 484 g/mol. The fraction of sp³-hybridized carbons (Fsp3) is 0.120. The van der Waals surface area contributed by atoms with Gasteiger partial charge in [-0.05, 0) is 43.3 Å². The van der Waals surface area contributed by atoms with E-state index in [4.69, 9.17) is 25.2 Å². The molecule has 0 fully saturated rings. The van der Waals surface area contributed by atoms with Crippen LogP contribution in [0.25, 0.3) is 11.0 Å². The van der Waals surface area contributed by atoms with Gasteiger partial charge in [0.1, 0.15) is 29.2 Å². The number of nitrogens with zero attached hydrogens (tertiary/aromatic N) is 1. The second kappa shape index (κ2) is 8.28. The Bertz CT molecular complexity index is 1550. The Morgan fingerprint density at radius 3 is 2.57 bits per heavy atom. The van der Waals surface area contributed by atoms with Gasteiger partial charge in [-0.15, -0.1) is 0 Å². The number of ketones is 1. The maximum absolute atomic E-state index is 14.7. The van der Waals surface area contributed by atoms with Crippen molar-refractivity contribution in [3.8, 4) is 5.75 Å². The van der Waals surface area contributed by atoms with Gasteiger partial charge in [0, 0.05) is 22.5 Å². The van der Waals surface area contributed by atoms with Gasteiger partial charge >= 0.3 is 0 Å². The number of hydrogen-bond acceptors (Lipinski definition) is 6. The number of amides is 1. The average Bonchev–Trinajstić information content (AvgIpc) is 3.51. The molecule has 0 spiro atoms. The zero-order chi connectivity index (χ0) is 25.0. The second-order valence-electron chi connectivity index (χ2n) is 7.85. The van der Waals surface area contributed by atoms with E-state index in [1.807, 2.05) is 0 Å². The number of aliphatic hydroxyl groups is 1. The first-order chi connectivity index (χ1) is 16.7. The first-order valence-electron chi connectivity index (χ1n) is 10.3. The molecule has 0 saturated carbocycles. The molecule has 5 rings (SSSR count). The molecule has 2 aromatic heterocycles. The van der Waals surface area contributed by atoms with Crippen LogP contribution < -0.4 is 9.64 Å². The van der Waals surface area contributed by atoms with Crippen molar-refractivity contribution in [2.45, 2.75) is 13.0 Å². The van der Waals surface area contributed by atoms with Gasteiger partial charge in [-0.2, -0.15) is 0 Å². The maximum Gasteiger partial charge on any atom is 0.294 e. The zero-order valence-electron chi connectivity index (χ0n) is 18.3. The van der Waals surface area contributed by atoms with Gasteiger partial charge in [-0.1, -0.05) is 11.6 Å². The Kier molecular flexibility index (Phi) is 5.36. The third-order valence-corrected chi connectivity index (χ3v) is 5.86. The normalized spacial score (nSPS) is 16.0. The summed E-state index contributed by atoms with van der Waals surface area (Å²) in [4.78, 5) is 27.5. The Hall–Kier alpha value is -4.11. The van der Waals surface area contributed by atoms with Gasteiger partial charge in [0.25, 0.3) is 5.91 Å². The minimum atomic E-state index is -1.39. The molecule has 0 bridgehead atoms. The molecule has 3 heterocycles. The van der Waals surface area contributed by atoms with E-state index in [-0.39, 0.29) is 22.9 Å². The SMILES string of the molecule is COc1cc(Cl)cc2cc(C(=O)C3=C(O)C(=O)N(c4cc(F)ccc4F)C3c3ccc(C)o3)oc12. The first kappa shape index (κ1) is 22.7. The highest BCUT2D eigenvalue weighted by Crippen LogP contribution is 2.44. The van der Waals surface area contributed by atoms with Crippen molar-refractivity contribution in [1.82, 2.24) is 0 Å². The number of furan rings is 2. The number of aliphatic hydroxyl groups excluding tert-OH is 1. The summed E-state index contributed by atoms with van der Waals surface area (Å²) in [5.41, 5.74) is -0.665. The minimum Gasteiger partial charge on any atom is -0.503 e. The molecule has 10 heteroatoms. The molecule has 4 aromatic rings. The van der Waals surface area contributed by atoms with Crippen LogP contribution in [-0.2, 0) is 4.79 Å². The van der Waals surface area contributed by atoms with Crippen LogP contribution in [0.15, 0.2) is 68.7 Å². The van der Waals surface area contributed by atoms with Gasteiger partial charge in [0.05, 0.1) is 18.4 Å². The average molecular weight is 500 g/mol. The topological polar surface area (TPSA) is 93.1 Å². The van der Waals surface area contributed by atoms with Crippen LogP contribution in [0.5, 0.6) is 5.75 Å². The van der Waals surface area contributed by atoms with Crippen LogP contribution in [-0.4, -0.2) is 23.9 Å². The smallest absolute Gasteiger partial charge is 0.294 e. The number of halogens is 3. The van der Waals surface area contributed by atoms with Gasteiger partial charge in [0.15, 0.2) is 22.9 Å². The van der Waals surface area contributed by atoms with Gasteiger partial charge in [0.2, 0.25) is 5.78 Å². The number of carbonyl (C=O) groups excluding carboxylic acids is 2. The van der Waals surface area contributed by atoms with Crippen molar-refractivity contribution in [2.24, 2.45) is 0 Å². The minimum absolute atomic E-state index is 0.0589. The van der Waals surface area contributed by atoms with E-state index in [2.05, 4.69) is 0 Å². The molecule has 1 atom stereocenters. The molecule has 178 valence electrons. The monoisotopic (exact) mass is 499 g/mol. The number of carbonyl (C=O) groups is 2. The molecule has 7 nitrogen and oxygen atoms in total. The van der Waals surface area contributed by atoms with Crippen molar-refractivity contribution in [3.05, 3.63) is 93.8 Å². The number of fused-ring (bicyclic) bond motifs is 1. The number of methoxy groups -OCH3 is 1. The van der Waals surface area contributed by atoms with E-state index in [0.29, 0.717) is 16.2 Å². The molecule has 0 saturated heterocycles. The predicted molar refractivity (Wildman–Crippen MR) is 122 cm³/mol. The number of hydrogen-bond donors (Lipinski definition) is 1. The Balaban J connectivity index is 1.68. The van der Waals surface area contributed by atoms with Crippen molar-refractivity contribution >= 4 is 39.9 Å². The highest BCUT2D eigenvalue weighted by Gasteiger charge is 2.47. The van der Waals surface area contributed by atoms with Gasteiger partial charge < -0.3 is 18.7 Å². The number of ether oxygens (including phenoxy) is 1. The van der Waals surface area contributed by atoms with Crippen molar-refractivity contribution in [3.63, 3.8) is 0 Å². The maximum atomic E-state index is 14.7. The molecule has 1 amide bonds. The number of Topliss-reactive ketones (excluding diaryl/α,β-unsaturated/α-hetero) is 1. The van der Waals surface area contributed by atoms with Crippen LogP contribution in [0.2, 0.25) is 5.02 Å². The van der Waals surface area contributed by atoms with E-state index in [0.717, 1.165) is 23.1 Å². The Labute approximate surface area is 201 Å². The van der Waals surface area contributed by atoms with E-state index in [1.165, 1.54) is 25.3 Å².